The molecule has 0 aromatic heterocycles. The summed E-state index contributed by atoms with van der Waals surface area (Å²) in [5, 5.41) is 0. The third-order valence-electron chi connectivity index (χ3n) is 5.44. The molecule has 2 nitrogen and oxygen atoms in total. The molecule has 0 spiro atoms. The predicted molar refractivity (Wildman–Crippen MR) is 144 cm³/mol. The third-order valence-corrected chi connectivity index (χ3v) is 25.1. The molecule has 0 bridgehead atoms. The van der Waals surface area contributed by atoms with E-state index < -0.39 is 16.6 Å². The summed E-state index contributed by atoms with van der Waals surface area (Å²) >= 11 is 0. The van der Waals surface area contributed by atoms with E-state index in [2.05, 4.69) is 76.2 Å². The standard InChI is InChI=1S/C20H46O2S4Si2/c1-9-15-17-27(7,21-13-5)19(11-3)23-25-26-24-20(12-4)28(8,22-14-6)18-16-10-2/h19-20H,9-18H2,1-8H3. The summed E-state index contributed by atoms with van der Waals surface area (Å²) in [5.74, 6) is 0. The summed E-state index contributed by atoms with van der Waals surface area (Å²) in [5.41, 5.74) is 0. The van der Waals surface area contributed by atoms with E-state index in [9.17, 15) is 0 Å². The van der Waals surface area contributed by atoms with E-state index in [-0.39, 0.29) is 0 Å². The molecule has 0 fully saturated rings. The molecule has 4 atom stereocenters. The van der Waals surface area contributed by atoms with E-state index in [0.29, 0.717) is 9.75 Å². The average Bonchev–Trinajstić information content (AvgIpc) is 2.68. The van der Waals surface area contributed by atoms with Crippen LogP contribution in [-0.2, 0) is 8.85 Å². The van der Waals surface area contributed by atoms with Gasteiger partial charge in [0.1, 0.15) is 0 Å². The number of hydrogen-bond acceptors (Lipinski definition) is 6. The summed E-state index contributed by atoms with van der Waals surface area (Å²) in [6.07, 6.45) is 7.58. The van der Waals surface area contributed by atoms with Crippen molar-refractivity contribution in [2.24, 2.45) is 0 Å². The van der Waals surface area contributed by atoms with Crippen LogP contribution in [0.5, 0.6) is 0 Å². The highest BCUT2D eigenvalue weighted by atomic mass is 33.7. The first-order valence-electron chi connectivity index (χ1n) is 11.3. The molecule has 0 radical (unpaired) electrons. The van der Waals surface area contributed by atoms with Gasteiger partial charge in [-0.25, -0.2) is 0 Å². The maximum Gasteiger partial charge on any atom is 0.203 e. The van der Waals surface area contributed by atoms with Crippen LogP contribution < -0.4 is 0 Å². The molecule has 0 amide bonds. The van der Waals surface area contributed by atoms with Crippen molar-refractivity contribution in [2.75, 3.05) is 13.2 Å². The lowest BCUT2D eigenvalue weighted by Gasteiger charge is -2.35. The molecule has 0 aliphatic rings. The normalized spacial score (nSPS) is 18.4. The highest BCUT2D eigenvalue weighted by Crippen LogP contribution is 2.51. The van der Waals surface area contributed by atoms with Crippen molar-refractivity contribution in [3.63, 3.8) is 0 Å². The minimum absolute atomic E-state index is 0.674. The second-order valence-corrected chi connectivity index (χ2v) is 23.1. The monoisotopic (exact) mass is 502 g/mol. The third kappa shape index (κ3) is 10.9. The zero-order valence-corrected chi connectivity index (χ0v) is 24.9. The van der Waals surface area contributed by atoms with Gasteiger partial charge in [0.05, 0.1) is 0 Å². The Hall–Kier alpha value is 1.75. The molecule has 0 rings (SSSR count). The van der Waals surface area contributed by atoms with Gasteiger partial charge < -0.3 is 8.85 Å². The topological polar surface area (TPSA) is 18.5 Å². The quantitative estimate of drug-likeness (QED) is 0.0988. The molecule has 0 saturated carbocycles. The Balaban J connectivity index is 4.74. The van der Waals surface area contributed by atoms with Crippen LogP contribution in [0.1, 0.15) is 80.1 Å². The minimum Gasteiger partial charge on any atom is -0.416 e. The largest absolute Gasteiger partial charge is 0.416 e. The smallest absolute Gasteiger partial charge is 0.203 e. The second kappa shape index (κ2) is 17.3. The molecule has 0 aliphatic carbocycles. The molecular weight excluding hydrogens is 457 g/mol. The van der Waals surface area contributed by atoms with E-state index in [4.69, 9.17) is 8.85 Å². The van der Waals surface area contributed by atoms with Gasteiger partial charge >= 0.3 is 0 Å². The zero-order valence-electron chi connectivity index (χ0n) is 19.7. The Labute approximate surface area is 194 Å². The van der Waals surface area contributed by atoms with E-state index in [1.54, 1.807) is 0 Å². The van der Waals surface area contributed by atoms with Gasteiger partial charge in [0.15, 0.2) is 0 Å². The molecule has 0 saturated heterocycles. The first kappa shape index (κ1) is 29.8. The fraction of sp³-hybridized carbons (Fsp3) is 1.00. The van der Waals surface area contributed by atoms with Gasteiger partial charge in [-0.05, 0) is 71.5 Å². The van der Waals surface area contributed by atoms with Gasteiger partial charge in [-0.2, -0.15) is 0 Å². The molecule has 0 aromatic carbocycles. The first-order valence-corrected chi connectivity index (χ1v) is 21.6. The molecular formula is C20H46O2S4Si2. The Morgan fingerprint density at radius 2 is 1.00 bits per heavy atom. The van der Waals surface area contributed by atoms with Gasteiger partial charge in [-0.15, -0.1) is 0 Å². The predicted octanol–water partition coefficient (Wildman–Crippen LogP) is 9.12. The maximum atomic E-state index is 6.39. The van der Waals surface area contributed by atoms with Crippen molar-refractivity contribution in [1.29, 1.82) is 0 Å². The van der Waals surface area contributed by atoms with Crippen LogP contribution in [0.25, 0.3) is 0 Å². The van der Waals surface area contributed by atoms with Crippen molar-refractivity contribution in [2.45, 2.75) is 115 Å². The Morgan fingerprint density at radius 1 is 0.643 bits per heavy atom. The van der Waals surface area contributed by atoms with Gasteiger partial charge in [-0.1, -0.05) is 75.0 Å². The Morgan fingerprint density at radius 3 is 1.25 bits per heavy atom. The van der Waals surface area contributed by atoms with E-state index in [0.717, 1.165) is 13.2 Å². The lowest BCUT2D eigenvalue weighted by Crippen LogP contribution is -2.45. The van der Waals surface area contributed by atoms with E-state index >= 15 is 0 Å². The summed E-state index contributed by atoms with van der Waals surface area (Å²) in [6.45, 7) is 20.2. The van der Waals surface area contributed by atoms with Crippen LogP contribution in [0.3, 0.4) is 0 Å². The lowest BCUT2D eigenvalue weighted by atomic mass is 10.4. The van der Waals surface area contributed by atoms with Crippen LogP contribution in [0, 0.1) is 0 Å². The molecule has 8 heteroatoms. The van der Waals surface area contributed by atoms with Crippen molar-refractivity contribution in [1.82, 2.24) is 0 Å². The summed E-state index contributed by atoms with van der Waals surface area (Å²) < 4.78 is 12.8. The van der Waals surface area contributed by atoms with Crippen LogP contribution in [-0.4, -0.2) is 39.6 Å². The number of rotatable bonds is 19. The minimum atomic E-state index is -1.65. The SMILES string of the molecule is CCCC[Si](C)(OCC)C(CC)SSSSC(CC)[Si](C)(CCCC)OCC. The summed E-state index contributed by atoms with van der Waals surface area (Å²) in [6, 6.07) is 2.59. The summed E-state index contributed by atoms with van der Waals surface area (Å²) in [4.78, 5) is 1.35. The summed E-state index contributed by atoms with van der Waals surface area (Å²) in [7, 11) is 4.85. The fourth-order valence-electron chi connectivity index (χ4n) is 3.70. The van der Waals surface area contributed by atoms with Crippen molar-refractivity contribution in [3.05, 3.63) is 0 Å². The van der Waals surface area contributed by atoms with Gasteiger partial charge in [0.25, 0.3) is 0 Å². The van der Waals surface area contributed by atoms with Crippen molar-refractivity contribution in [3.8, 4) is 0 Å². The lowest BCUT2D eigenvalue weighted by molar-refractivity contribution is 0.320. The molecule has 28 heavy (non-hydrogen) atoms. The fourth-order valence-corrected chi connectivity index (χ4v) is 24.8. The van der Waals surface area contributed by atoms with E-state index in [1.165, 1.54) is 50.6 Å². The van der Waals surface area contributed by atoms with Crippen LogP contribution in [0.15, 0.2) is 0 Å². The molecule has 0 N–H and O–H groups in total. The van der Waals surface area contributed by atoms with Crippen LogP contribution in [0.4, 0.5) is 0 Å². The van der Waals surface area contributed by atoms with Crippen molar-refractivity contribution >= 4 is 57.9 Å². The van der Waals surface area contributed by atoms with Crippen LogP contribution in [0.2, 0.25) is 25.2 Å². The second-order valence-electron chi connectivity index (χ2n) is 7.82. The first-order chi connectivity index (χ1) is 13.4. The molecule has 0 aromatic rings. The van der Waals surface area contributed by atoms with Crippen LogP contribution >= 0.6 is 41.2 Å². The molecule has 0 aliphatic heterocycles. The van der Waals surface area contributed by atoms with E-state index in [1.807, 2.05) is 19.7 Å². The molecule has 170 valence electrons. The Bertz CT molecular complexity index is 348. The maximum absolute atomic E-state index is 6.39. The average molecular weight is 503 g/mol. The van der Waals surface area contributed by atoms with Crippen molar-refractivity contribution < 1.29 is 8.85 Å². The highest BCUT2D eigenvalue weighted by molar-refractivity contribution is 9.26. The number of hydrogen-bond donors (Lipinski definition) is 0. The highest BCUT2D eigenvalue weighted by Gasteiger charge is 2.39. The van der Waals surface area contributed by atoms with Gasteiger partial charge in [-0.3, -0.25) is 0 Å². The molecule has 0 heterocycles. The molecule has 4 unspecified atom stereocenters. The van der Waals surface area contributed by atoms with Gasteiger partial charge in [0.2, 0.25) is 16.6 Å². The van der Waals surface area contributed by atoms with Gasteiger partial charge in [0, 0.05) is 23.0 Å². The zero-order chi connectivity index (χ0) is 21.5. The Kier molecular flexibility index (Phi) is 18.4. The number of unbranched alkanes of at least 4 members (excludes halogenated alkanes) is 2.